The highest BCUT2D eigenvalue weighted by atomic mass is 32.2. The Kier molecular flexibility index (Phi) is 6.59. The van der Waals surface area contributed by atoms with Crippen molar-refractivity contribution in [1.82, 2.24) is 0 Å². The van der Waals surface area contributed by atoms with Gasteiger partial charge in [0, 0.05) is 12.5 Å². The van der Waals surface area contributed by atoms with Gasteiger partial charge in [-0.05, 0) is 45.2 Å². The molecular weight excluding hydrogens is 316 g/mol. The van der Waals surface area contributed by atoms with E-state index in [4.69, 9.17) is 13.7 Å². The van der Waals surface area contributed by atoms with Gasteiger partial charge in [-0.1, -0.05) is 24.6 Å². The van der Waals surface area contributed by atoms with Crippen LogP contribution in [0.25, 0.3) is 0 Å². The molecule has 1 aliphatic heterocycles. The molecule has 5 nitrogen and oxygen atoms in total. The van der Waals surface area contributed by atoms with Crippen LogP contribution in [0.2, 0.25) is 0 Å². The first-order valence-corrected chi connectivity index (χ1v) is 9.52. The zero-order chi connectivity index (χ0) is 16.9. The summed E-state index contributed by atoms with van der Waals surface area (Å²) in [6.45, 7) is 6.56. The van der Waals surface area contributed by atoms with Gasteiger partial charge in [0.1, 0.15) is 0 Å². The van der Waals surface area contributed by atoms with Gasteiger partial charge in [0.15, 0.2) is 6.29 Å². The second-order valence-corrected chi connectivity index (χ2v) is 7.78. The Morgan fingerprint density at radius 3 is 2.52 bits per heavy atom. The van der Waals surface area contributed by atoms with Crippen molar-refractivity contribution in [1.29, 1.82) is 0 Å². The van der Waals surface area contributed by atoms with E-state index in [1.54, 1.807) is 24.3 Å². The standard InChI is InChI=1S/C17H26O5S/c1-13-7-9-16(10-8-13)23(18,19)21-12-14(2)15(3)22-17-6-4-5-11-20-17/h7-10,14-15,17H,4-6,11-12H2,1-3H3/t14-,15+,17?/m1/s1. The molecule has 1 aliphatic rings. The van der Waals surface area contributed by atoms with Crippen LogP contribution in [0.4, 0.5) is 0 Å². The molecular formula is C17H26O5S. The Labute approximate surface area is 139 Å². The number of aryl methyl sites for hydroxylation is 1. The van der Waals surface area contributed by atoms with Crippen LogP contribution < -0.4 is 0 Å². The zero-order valence-electron chi connectivity index (χ0n) is 14.0. The summed E-state index contributed by atoms with van der Waals surface area (Å²) in [5.41, 5.74) is 1.01. The summed E-state index contributed by atoms with van der Waals surface area (Å²) in [5, 5.41) is 0. The van der Waals surface area contributed by atoms with Crippen LogP contribution in [0.1, 0.15) is 38.7 Å². The van der Waals surface area contributed by atoms with Crippen molar-refractivity contribution in [3.63, 3.8) is 0 Å². The van der Waals surface area contributed by atoms with E-state index in [0.29, 0.717) is 0 Å². The number of rotatable bonds is 7. The molecule has 1 heterocycles. The largest absolute Gasteiger partial charge is 0.353 e. The van der Waals surface area contributed by atoms with Gasteiger partial charge in [0.2, 0.25) is 0 Å². The van der Waals surface area contributed by atoms with Gasteiger partial charge in [-0.2, -0.15) is 8.42 Å². The van der Waals surface area contributed by atoms with Crippen molar-refractivity contribution in [2.24, 2.45) is 5.92 Å². The van der Waals surface area contributed by atoms with Crippen LogP contribution in [0, 0.1) is 12.8 Å². The van der Waals surface area contributed by atoms with Gasteiger partial charge >= 0.3 is 0 Å². The van der Waals surface area contributed by atoms with Gasteiger partial charge in [-0.15, -0.1) is 0 Å². The van der Waals surface area contributed by atoms with Crippen molar-refractivity contribution in [2.45, 2.75) is 57.3 Å². The fraction of sp³-hybridized carbons (Fsp3) is 0.647. The van der Waals surface area contributed by atoms with E-state index in [0.717, 1.165) is 31.4 Å². The quantitative estimate of drug-likeness (QED) is 0.712. The maximum Gasteiger partial charge on any atom is 0.296 e. The predicted octanol–water partition coefficient (Wildman–Crippen LogP) is 3.27. The zero-order valence-corrected chi connectivity index (χ0v) is 14.8. The lowest BCUT2D eigenvalue weighted by Crippen LogP contribution is -2.31. The Bertz CT molecular complexity index is 576. The third kappa shape index (κ3) is 5.57. The Morgan fingerprint density at radius 2 is 1.91 bits per heavy atom. The highest BCUT2D eigenvalue weighted by Crippen LogP contribution is 2.20. The van der Waals surface area contributed by atoms with E-state index < -0.39 is 10.1 Å². The molecule has 1 aromatic rings. The Balaban J connectivity index is 1.84. The lowest BCUT2D eigenvalue weighted by Gasteiger charge is -2.28. The molecule has 1 unspecified atom stereocenters. The molecule has 23 heavy (non-hydrogen) atoms. The number of hydrogen-bond acceptors (Lipinski definition) is 5. The minimum absolute atomic E-state index is 0.0549. The van der Waals surface area contributed by atoms with Crippen LogP contribution in [-0.2, 0) is 23.8 Å². The smallest absolute Gasteiger partial charge is 0.296 e. The first-order chi connectivity index (χ1) is 10.9. The molecule has 0 saturated carbocycles. The average molecular weight is 342 g/mol. The van der Waals surface area contributed by atoms with E-state index >= 15 is 0 Å². The van der Waals surface area contributed by atoms with E-state index in [-0.39, 0.29) is 29.8 Å². The molecule has 0 N–H and O–H groups in total. The highest BCUT2D eigenvalue weighted by molar-refractivity contribution is 7.86. The highest BCUT2D eigenvalue weighted by Gasteiger charge is 2.23. The minimum Gasteiger partial charge on any atom is -0.353 e. The molecule has 0 aromatic heterocycles. The van der Waals surface area contributed by atoms with Gasteiger partial charge in [-0.3, -0.25) is 4.18 Å². The van der Waals surface area contributed by atoms with Crippen molar-refractivity contribution >= 4 is 10.1 Å². The maximum absolute atomic E-state index is 12.2. The number of benzene rings is 1. The van der Waals surface area contributed by atoms with Crippen molar-refractivity contribution in [3.05, 3.63) is 29.8 Å². The van der Waals surface area contributed by atoms with Gasteiger partial charge in [-0.25, -0.2) is 0 Å². The molecule has 1 saturated heterocycles. The summed E-state index contributed by atoms with van der Waals surface area (Å²) in [5.74, 6) is -0.0549. The van der Waals surface area contributed by atoms with E-state index in [1.165, 1.54) is 0 Å². The Hall–Kier alpha value is -0.950. The monoisotopic (exact) mass is 342 g/mol. The van der Waals surface area contributed by atoms with Crippen LogP contribution >= 0.6 is 0 Å². The van der Waals surface area contributed by atoms with E-state index in [2.05, 4.69) is 0 Å². The van der Waals surface area contributed by atoms with Crippen LogP contribution in [0.15, 0.2) is 29.2 Å². The summed E-state index contributed by atoms with van der Waals surface area (Å²) in [7, 11) is -3.73. The lowest BCUT2D eigenvalue weighted by atomic mass is 10.1. The molecule has 1 fully saturated rings. The van der Waals surface area contributed by atoms with Gasteiger partial charge in [0.25, 0.3) is 10.1 Å². The van der Waals surface area contributed by atoms with Crippen molar-refractivity contribution in [2.75, 3.05) is 13.2 Å². The van der Waals surface area contributed by atoms with E-state index in [9.17, 15) is 8.42 Å². The topological polar surface area (TPSA) is 61.8 Å². The molecule has 0 spiro atoms. The first-order valence-electron chi connectivity index (χ1n) is 8.11. The molecule has 6 heteroatoms. The molecule has 1 aromatic carbocycles. The Morgan fingerprint density at radius 1 is 1.22 bits per heavy atom. The first kappa shape index (κ1) is 18.4. The normalized spacial score (nSPS) is 21.8. The molecule has 2 rings (SSSR count). The molecule has 0 radical (unpaired) electrons. The lowest BCUT2D eigenvalue weighted by molar-refractivity contribution is -0.194. The van der Waals surface area contributed by atoms with Crippen molar-refractivity contribution < 1.29 is 22.1 Å². The van der Waals surface area contributed by atoms with Crippen molar-refractivity contribution in [3.8, 4) is 0 Å². The van der Waals surface area contributed by atoms with Crippen LogP contribution in [0.3, 0.4) is 0 Å². The second-order valence-electron chi connectivity index (χ2n) is 6.17. The van der Waals surface area contributed by atoms with Gasteiger partial charge in [0.05, 0.1) is 17.6 Å². The summed E-state index contributed by atoms with van der Waals surface area (Å²) in [4.78, 5) is 0.180. The fourth-order valence-corrected chi connectivity index (χ4v) is 3.30. The summed E-state index contributed by atoms with van der Waals surface area (Å²) in [6, 6.07) is 6.63. The van der Waals surface area contributed by atoms with Crippen LogP contribution in [0.5, 0.6) is 0 Å². The fourth-order valence-electron chi connectivity index (χ4n) is 2.30. The molecule has 3 atom stereocenters. The predicted molar refractivity (Wildman–Crippen MR) is 87.6 cm³/mol. The number of hydrogen-bond donors (Lipinski definition) is 0. The third-order valence-electron chi connectivity index (χ3n) is 4.10. The summed E-state index contributed by atoms with van der Waals surface area (Å²) in [6.07, 6.45) is 2.74. The summed E-state index contributed by atoms with van der Waals surface area (Å²) < 4.78 is 40.9. The SMILES string of the molecule is Cc1ccc(S(=O)(=O)OC[C@@H](C)[C@H](C)OC2CCCCO2)cc1. The molecule has 0 bridgehead atoms. The third-order valence-corrected chi connectivity index (χ3v) is 5.40. The van der Waals surface area contributed by atoms with E-state index in [1.807, 2.05) is 20.8 Å². The second kappa shape index (κ2) is 8.24. The van der Waals surface area contributed by atoms with Crippen LogP contribution in [-0.4, -0.2) is 34.0 Å². The average Bonchev–Trinajstić information content (AvgIpc) is 2.54. The molecule has 130 valence electrons. The minimum atomic E-state index is -3.73. The maximum atomic E-state index is 12.2. The molecule has 0 amide bonds. The number of ether oxygens (including phenoxy) is 2. The molecule has 0 aliphatic carbocycles. The summed E-state index contributed by atoms with van der Waals surface area (Å²) >= 11 is 0. The van der Waals surface area contributed by atoms with Gasteiger partial charge < -0.3 is 9.47 Å².